The number of benzene rings is 2. The number of hydrogen-bond acceptors (Lipinski definition) is 11. The number of aromatic nitrogens is 2. The Kier molecular flexibility index (Phi) is 24.5. The van der Waals surface area contributed by atoms with Gasteiger partial charge in [0.05, 0.1) is 11.4 Å². The van der Waals surface area contributed by atoms with E-state index < -0.39 is 37.2 Å². The van der Waals surface area contributed by atoms with Crippen molar-refractivity contribution in [3.63, 3.8) is 0 Å². The number of Topliss-reactive ketones (excluding diaryl/α,β-unsaturated/α-hetero) is 3. The summed E-state index contributed by atoms with van der Waals surface area (Å²) in [6.45, 7) is 3.61. The summed E-state index contributed by atoms with van der Waals surface area (Å²) in [4.78, 5) is 66.4. The Bertz CT molecular complexity index is 1220. The molecule has 4 aromatic rings. The number of carboxylic acids is 3. The van der Waals surface area contributed by atoms with Gasteiger partial charge in [0.1, 0.15) is 17.3 Å². The van der Waals surface area contributed by atoms with Gasteiger partial charge in [0.2, 0.25) is 0 Å². The first-order valence-electron chi connectivity index (χ1n) is 13.3. The molecule has 0 spiro atoms. The Hall–Kier alpha value is -5.19. The third-order valence-electron chi connectivity index (χ3n) is 4.65. The van der Waals surface area contributed by atoms with Crippen molar-refractivity contribution in [3.8, 4) is 22.5 Å². The van der Waals surface area contributed by atoms with Crippen LogP contribution >= 0.6 is 0 Å². The zero-order valence-electron chi connectivity index (χ0n) is 25.4. The number of pyridine rings is 2. The van der Waals surface area contributed by atoms with Crippen molar-refractivity contribution in [2.45, 2.75) is 40.0 Å². The van der Waals surface area contributed by atoms with Gasteiger partial charge in [-0.15, -0.1) is 0 Å². The molecule has 0 fully saturated rings. The van der Waals surface area contributed by atoms with E-state index in [0.717, 1.165) is 22.5 Å². The number of ketones is 3. The second-order valence-electron chi connectivity index (χ2n) is 8.91. The molecule has 0 N–H and O–H groups in total. The minimum atomic E-state index is -1.31. The molecule has 12 heteroatoms. The van der Waals surface area contributed by atoms with Crippen LogP contribution in [0.3, 0.4) is 0 Å². The molecule has 0 aliphatic carbocycles. The molecule has 0 saturated carbocycles. The number of carbonyl (C=O) groups excluding carboxylic acids is 6. The van der Waals surface area contributed by atoms with Crippen molar-refractivity contribution in [3.05, 3.63) is 109 Å². The minimum absolute atomic E-state index is 0. The van der Waals surface area contributed by atoms with Gasteiger partial charge < -0.3 is 29.7 Å². The van der Waals surface area contributed by atoms with Gasteiger partial charge in [-0.2, -0.15) is 0 Å². The first-order valence-corrected chi connectivity index (χ1v) is 13.3. The number of hydrogen-bond donors (Lipinski definition) is 0. The Morgan fingerprint density at radius 3 is 0.891 bits per heavy atom. The van der Waals surface area contributed by atoms with E-state index in [1.165, 1.54) is 20.8 Å². The maximum atomic E-state index is 9.83. The summed E-state index contributed by atoms with van der Waals surface area (Å²) in [6, 6.07) is 32.2. The van der Waals surface area contributed by atoms with Gasteiger partial charge >= 0.3 is 20.1 Å². The van der Waals surface area contributed by atoms with E-state index in [2.05, 4.69) is 34.2 Å². The molecule has 11 nitrogen and oxygen atoms in total. The zero-order valence-corrected chi connectivity index (χ0v) is 27.8. The molecule has 0 saturated heterocycles. The van der Waals surface area contributed by atoms with Crippen LogP contribution in [0.1, 0.15) is 40.0 Å². The Balaban J connectivity index is 0. The van der Waals surface area contributed by atoms with Crippen LogP contribution in [0.4, 0.5) is 0 Å². The summed E-state index contributed by atoms with van der Waals surface area (Å²) in [7, 11) is 0. The minimum Gasteiger partial charge on any atom is -0.550 e. The molecule has 0 amide bonds. The molecule has 0 aliphatic rings. The topological polar surface area (TPSA) is 197 Å². The van der Waals surface area contributed by atoms with E-state index in [1.54, 1.807) is 0 Å². The molecule has 0 radical (unpaired) electrons. The van der Waals surface area contributed by atoms with Crippen LogP contribution in [-0.2, 0) is 48.9 Å². The first-order chi connectivity index (χ1) is 21.3. The quantitative estimate of drug-likeness (QED) is 0.235. The summed E-state index contributed by atoms with van der Waals surface area (Å²) in [5, 5.41) is 28.4. The van der Waals surface area contributed by atoms with E-state index in [4.69, 9.17) is 0 Å². The SMILES string of the molecule is CC(=O)CC(=O)[O-].CC(=O)CC(=O)[O-].CC(=O)CC(=O)[O-].[Ir+3].c1ccc(-c2ccccn2)cc1.c1ccc(-c2ccccn2)cc1. The van der Waals surface area contributed by atoms with Crippen molar-refractivity contribution in [1.29, 1.82) is 0 Å². The monoisotopic (exact) mass is 806 g/mol. The molecule has 242 valence electrons. The number of aliphatic carboxylic acids is 3. The van der Waals surface area contributed by atoms with Crippen LogP contribution < -0.4 is 15.3 Å². The number of carbonyl (C=O) groups is 6. The van der Waals surface area contributed by atoms with Crippen molar-refractivity contribution in [2.75, 3.05) is 0 Å². The molecule has 2 aromatic carbocycles. The van der Waals surface area contributed by atoms with Crippen molar-refractivity contribution < 1.29 is 64.2 Å². The van der Waals surface area contributed by atoms with E-state index >= 15 is 0 Å². The normalized spacial score (nSPS) is 8.76. The van der Waals surface area contributed by atoms with Crippen LogP contribution in [0.5, 0.6) is 0 Å². The Morgan fingerprint density at radius 1 is 0.457 bits per heavy atom. The fraction of sp³-hybridized carbons (Fsp3) is 0.176. The number of nitrogens with zero attached hydrogens (tertiary/aromatic N) is 2. The van der Waals surface area contributed by atoms with Crippen molar-refractivity contribution in [2.24, 2.45) is 0 Å². The summed E-state index contributed by atoms with van der Waals surface area (Å²) in [5.41, 5.74) is 4.38. The Labute approximate surface area is 280 Å². The smallest absolute Gasteiger partial charge is 0.550 e. The van der Waals surface area contributed by atoms with Crippen LogP contribution in [-0.4, -0.2) is 45.2 Å². The largest absolute Gasteiger partial charge is 3.00 e. The van der Waals surface area contributed by atoms with Crippen LogP contribution in [0.15, 0.2) is 109 Å². The summed E-state index contributed by atoms with van der Waals surface area (Å²) in [6.07, 6.45) is 2.20. The maximum absolute atomic E-state index is 9.83. The maximum Gasteiger partial charge on any atom is 3.00 e. The van der Waals surface area contributed by atoms with Gasteiger partial charge in [-0.05, 0) is 45.0 Å². The number of rotatable bonds is 8. The van der Waals surface area contributed by atoms with Crippen molar-refractivity contribution >= 4 is 35.3 Å². The molecular weight excluding hydrogens is 773 g/mol. The fourth-order valence-electron chi connectivity index (χ4n) is 2.89. The van der Waals surface area contributed by atoms with Gasteiger partial charge in [-0.1, -0.05) is 72.8 Å². The molecule has 0 bridgehead atoms. The summed E-state index contributed by atoms with van der Waals surface area (Å²) in [5.74, 6) is -5.06. The molecular formula is C34H33IrN2O9. The molecule has 46 heavy (non-hydrogen) atoms. The molecule has 0 aliphatic heterocycles. The Morgan fingerprint density at radius 2 is 0.717 bits per heavy atom. The van der Waals surface area contributed by atoms with E-state index in [-0.39, 0.29) is 37.5 Å². The van der Waals surface area contributed by atoms with Gasteiger partial charge in [0.15, 0.2) is 0 Å². The van der Waals surface area contributed by atoms with Gasteiger partial charge in [-0.25, -0.2) is 0 Å². The summed E-state index contributed by atoms with van der Waals surface area (Å²) >= 11 is 0. The van der Waals surface area contributed by atoms with E-state index in [1.807, 2.05) is 85.2 Å². The third kappa shape index (κ3) is 25.3. The van der Waals surface area contributed by atoms with Crippen LogP contribution in [0, 0.1) is 0 Å². The molecule has 0 unspecified atom stereocenters. The zero-order chi connectivity index (χ0) is 34.0. The molecule has 0 atom stereocenters. The molecule has 2 heterocycles. The average molecular weight is 806 g/mol. The van der Waals surface area contributed by atoms with Gasteiger partial charge in [0.25, 0.3) is 0 Å². The van der Waals surface area contributed by atoms with Crippen LogP contribution in [0.25, 0.3) is 22.5 Å². The predicted octanol–water partition coefficient (Wildman–Crippen LogP) is 1.64. The van der Waals surface area contributed by atoms with Crippen LogP contribution in [0.2, 0.25) is 0 Å². The molecule has 2 aromatic heterocycles. The molecule has 4 rings (SSSR count). The third-order valence-corrected chi connectivity index (χ3v) is 4.65. The summed E-state index contributed by atoms with van der Waals surface area (Å²) < 4.78 is 0. The second kappa shape index (κ2) is 26.2. The van der Waals surface area contributed by atoms with E-state index in [0.29, 0.717) is 0 Å². The first kappa shape index (κ1) is 42.9. The predicted molar refractivity (Wildman–Crippen MR) is 160 cm³/mol. The van der Waals surface area contributed by atoms with Crippen molar-refractivity contribution in [1.82, 2.24) is 9.97 Å². The van der Waals surface area contributed by atoms with E-state index in [9.17, 15) is 44.1 Å². The number of carboxylic acid groups (broad SMARTS) is 3. The fourth-order valence-corrected chi connectivity index (χ4v) is 2.89. The standard InChI is InChI=1S/2C11H9N.3C4H6O3.Ir/c2*1-2-6-10(7-3-1)11-8-4-5-9-12-11;3*1-3(5)2-4(6)7;/h2*1-9H;3*2H2,1H3,(H,6,7);/q;;;;;+3/p-3. The average Bonchev–Trinajstić information content (AvgIpc) is 2.98. The van der Waals surface area contributed by atoms with Gasteiger partial charge in [0, 0.05) is 60.7 Å². The second-order valence-corrected chi connectivity index (χ2v) is 8.91. The van der Waals surface area contributed by atoms with Gasteiger partial charge in [-0.3, -0.25) is 24.4 Å².